The van der Waals surface area contributed by atoms with Crippen LogP contribution in [0, 0.1) is 136 Å². The molecule has 0 atom stereocenters. The van der Waals surface area contributed by atoms with Crippen LogP contribution < -0.4 is 9.47 Å². The van der Waals surface area contributed by atoms with E-state index < -0.39 is 28.0 Å². The first-order chi connectivity index (χ1) is 62.9. The lowest BCUT2D eigenvalue weighted by Crippen LogP contribution is -2.11. The lowest BCUT2D eigenvalue weighted by molar-refractivity contribution is -0.138. The van der Waals surface area contributed by atoms with Crippen LogP contribution in [0.15, 0.2) is 268 Å². The number of hydrogen-bond donors (Lipinski definition) is 6. The number of carbonyl (C=O) groups is 4. The van der Waals surface area contributed by atoms with Gasteiger partial charge in [0.2, 0.25) is 0 Å². The van der Waals surface area contributed by atoms with Gasteiger partial charge >= 0.3 is 34.0 Å². The monoisotopic (exact) mass is 1800 g/mol. The highest BCUT2D eigenvalue weighted by atomic mass is 32.2. The number of aromatic hydroxyl groups is 6. The van der Waals surface area contributed by atoms with Crippen LogP contribution in [-0.2, 0) is 38.1 Å². The fraction of sp³-hybridized carbons (Fsp3) is 0.165. The SMILES string of the molecule is C.C.C.C=CC(=O)OCCCCOc1ccc(C(=O)OC)cc1.C=CC(=O)OCCCCOc1ccc(C(=O)OS(C)(=O)=O)cc1.Cc1ccc(C)c(C#Cc2cccc(C#Cc3cc(C)cc(C#Cc4cccc(C#Cc5cc(C)ccc5C)c4)c3C)c2)c1.Oc1ccc(O)c(C#Cc2cccc(C#Cc3cc(O)cc(C#Cc4cccc(C#Cc5cc(O)ccc5O)c4)c3O)c2)c1. The molecule has 0 aliphatic rings. The summed E-state index contributed by atoms with van der Waals surface area (Å²) in [5, 5.41) is 60.2. The number of phenols is 6. The van der Waals surface area contributed by atoms with E-state index in [0.29, 0.717) is 78.6 Å². The first-order valence-corrected chi connectivity index (χ1v) is 42.8. The highest BCUT2D eigenvalue weighted by Gasteiger charge is 2.15. The van der Waals surface area contributed by atoms with E-state index in [1.165, 1.54) is 102 Å². The minimum absolute atomic E-state index is 0. The number of methoxy groups -OCH3 is 1. The fourth-order valence-corrected chi connectivity index (χ4v) is 12.0. The second-order valence-electron chi connectivity index (χ2n) is 29.2. The topological polar surface area (TPSA) is 279 Å². The summed E-state index contributed by atoms with van der Waals surface area (Å²) in [6.07, 6.45) is 5.87. The van der Waals surface area contributed by atoms with Crippen LogP contribution in [-0.4, -0.2) is 103 Å². The van der Waals surface area contributed by atoms with Crippen molar-refractivity contribution in [2.24, 2.45) is 0 Å². The average Bonchev–Trinajstić information content (AvgIpc) is 0.829. The molecule has 0 unspecified atom stereocenters. The minimum Gasteiger partial charge on any atom is -0.508 e. The molecule has 0 saturated heterocycles. The molecule has 12 aromatic rings. The number of unbranched alkanes of at least 4 members (excludes halogenated alkanes) is 2. The number of esters is 3. The van der Waals surface area contributed by atoms with Crippen LogP contribution >= 0.6 is 0 Å². The molecular weight excluding hydrogens is 1700 g/mol. The maximum absolute atomic E-state index is 11.5. The van der Waals surface area contributed by atoms with Gasteiger partial charge in [-0.2, -0.15) is 8.42 Å². The first kappa shape index (κ1) is 106. The van der Waals surface area contributed by atoms with Crippen LogP contribution in [0.4, 0.5) is 0 Å². The van der Waals surface area contributed by atoms with Crippen LogP contribution in [0.5, 0.6) is 46.0 Å². The number of rotatable bonds is 17. The van der Waals surface area contributed by atoms with Gasteiger partial charge in [0.05, 0.1) is 73.2 Å². The van der Waals surface area contributed by atoms with Gasteiger partial charge in [-0.05, 0) is 295 Å². The van der Waals surface area contributed by atoms with Crippen LogP contribution in [0.3, 0.4) is 0 Å². The van der Waals surface area contributed by atoms with Crippen molar-refractivity contribution in [3.63, 3.8) is 0 Å². The number of benzene rings is 12. The zero-order valence-electron chi connectivity index (χ0n) is 73.3. The molecule has 12 aromatic carbocycles. The molecule has 0 fully saturated rings. The molecule has 0 amide bonds. The Kier molecular flexibility index (Phi) is 42.2. The Bertz CT molecular complexity index is 6300. The average molecular weight is 1810 g/mol. The second kappa shape index (κ2) is 53.6. The molecule has 0 saturated carbocycles. The molecule has 12 rings (SSSR count). The number of aryl methyl sites for hydroxylation is 5. The normalized spacial score (nSPS) is 9.64. The Morgan fingerprint density at radius 2 is 0.627 bits per heavy atom. The zero-order chi connectivity index (χ0) is 94.2. The largest absolute Gasteiger partial charge is 0.508 e. The zero-order valence-corrected chi connectivity index (χ0v) is 74.1. The van der Waals surface area contributed by atoms with Crippen LogP contribution in [0.25, 0.3) is 0 Å². The quantitative estimate of drug-likeness (QED) is 0.00940. The highest BCUT2D eigenvalue weighted by molar-refractivity contribution is 7.86. The van der Waals surface area contributed by atoms with Crippen LogP contribution in [0.1, 0.15) is 191 Å². The van der Waals surface area contributed by atoms with Crippen molar-refractivity contribution in [1.29, 1.82) is 0 Å². The van der Waals surface area contributed by atoms with E-state index in [2.05, 4.69) is 207 Å². The summed E-state index contributed by atoms with van der Waals surface area (Å²) in [6, 6.07) is 70.8. The third-order valence-corrected chi connectivity index (χ3v) is 19.1. The molecule has 0 aliphatic heterocycles. The molecule has 134 heavy (non-hydrogen) atoms. The summed E-state index contributed by atoms with van der Waals surface area (Å²) in [5.74, 6) is 48.5. The van der Waals surface area contributed by atoms with E-state index in [9.17, 15) is 58.2 Å². The van der Waals surface area contributed by atoms with Gasteiger partial charge in [0.15, 0.2) is 0 Å². The standard InChI is InChI=1S/C44H34.C38H22O6.C15H18O7S.C15H18O5.3CH4/c1-31-13-15-34(4)41(25-31)21-17-37-9-7-11-39(29-37)19-23-43-27-33(3)28-44(36(43)6)24-20-40-12-8-10-38(30-40)18-22-42-26-32(2)14-16-35(42)5;39-33-15-17-36(42)29(21-33)11-7-25-3-1-5-27(19-25)9-13-31-23-35(41)24-32(38(31)44)14-10-28-6-2-4-26(20-28)8-12-30-22-34(40)16-18-37(30)43;1-3-14(16)21-11-5-4-10-20-13-8-6-12(7-9-13)15(17)22-23(2,18)19;1-3-14(16)20-11-5-4-10-19-13-8-6-12(7-9-13)15(17)18-2;;;/h7-16,25-30H,1-6H3;1-6,15-24,39-44H;3,6-9H,1,4-5,10-11H2,2H3;3,6-9H,1,4-5,10-11H2,2H3;3*1H4. The molecular formula is C115H104O18S. The van der Waals surface area contributed by atoms with Crippen molar-refractivity contribution in [1.82, 2.24) is 0 Å². The third kappa shape index (κ3) is 35.8. The highest BCUT2D eigenvalue weighted by Crippen LogP contribution is 2.29. The fourth-order valence-electron chi connectivity index (χ4n) is 11.7. The van der Waals surface area contributed by atoms with Crippen molar-refractivity contribution >= 4 is 34.0 Å². The molecule has 0 aromatic heterocycles. The van der Waals surface area contributed by atoms with E-state index in [4.69, 9.17) is 18.9 Å². The van der Waals surface area contributed by atoms with E-state index in [-0.39, 0.29) is 90.6 Å². The molecule has 19 heteroatoms. The predicted molar refractivity (Wildman–Crippen MR) is 527 cm³/mol. The van der Waals surface area contributed by atoms with Gasteiger partial charge in [-0.3, -0.25) is 0 Å². The van der Waals surface area contributed by atoms with Gasteiger partial charge in [0.1, 0.15) is 46.0 Å². The predicted octanol–water partition coefficient (Wildman–Crippen LogP) is 20.6. The third-order valence-electron chi connectivity index (χ3n) is 18.6. The molecule has 678 valence electrons. The molecule has 18 nitrogen and oxygen atoms in total. The first-order valence-electron chi connectivity index (χ1n) is 40.9. The summed E-state index contributed by atoms with van der Waals surface area (Å²) in [5.41, 5.74) is 18.8. The summed E-state index contributed by atoms with van der Waals surface area (Å²) < 4.78 is 51.2. The molecule has 6 N–H and O–H groups in total. The van der Waals surface area contributed by atoms with E-state index in [1.54, 1.807) is 72.8 Å². The van der Waals surface area contributed by atoms with Crippen LogP contribution in [0.2, 0.25) is 0 Å². The van der Waals surface area contributed by atoms with Crippen molar-refractivity contribution in [3.8, 4) is 141 Å². The van der Waals surface area contributed by atoms with Crippen molar-refractivity contribution in [2.45, 2.75) is 89.5 Å². The van der Waals surface area contributed by atoms with E-state index in [0.717, 1.165) is 86.9 Å². The summed E-state index contributed by atoms with van der Waals surface area (Å²) >= 11 is 0. The molecule has 0 bridgehead atoms. The number of hydrogen-bond acceptors (Lipinski definition) is 18. The summed E-state index contributed by atoms with van der Waals surface area (Å²) in [4.78, 5) is 44.3. The van der Waals surface area contributed by atoms with E-state index in [1.807, 2.05) is 48.5 Å². The Morgan fingerprint density at radius 1 is 0.328 bits per heavy atom. The van der Waals surface area contributed by atoms with Gasteiger partial charge in [-0.1, -0.05) is 179 Å². The Hall–Kier alpha value is -17.2. The Balaban J connectivity index is 0.000000288. The minimum atomic E-state index is -3.84. The Morgan fingerprint density at radius 3 is 0.955 bits per heavy atom. The second-order valence-corrected chi connectivity index (χ2v) is 30.8. The summed E-state index contributed by atoms with van der Waals surface area (Å²) in [7, 11) is -2.50. The van der Waals surface area contributed by atoms with Crippen molar-refractivity contribution in [3.05, 3.63) is 401 Å². The summed E-state index contributed by atoms with van der Waals surface area (Å²) in [6.45, 7) is 20.7. The molecule has 0 aliphatic carbocycles. The molecule has 0 spiro atoms. The van der Waals surface area contributed by atoms with Gasteiger partial charge in [-0.25, -0.2) is 19.2 Å². The maximum atomic E-state index is 11.5. The molecule has 0 radical (unpaired) electrons. The van der Waals surface area contributed by atoms with Gasteiger partial charge in [0.25, 0.3) is 0 Å². The van der Waals surface area contributed by atoms with Gasteiger partial charge in [-0.15, -0.1) is 0 Å². The smallest absolute Gasteiger partial charge is 0.353 e. The number of carbonyl (C=O) groups excluding carboxylic acids is 4. The van der Waals surface area contributed by atoms with Gasteiger partial charge < -0.3 is 58.5 Å². The lowest BCUT2D eigenvalue weighted by Gasteiger charge is -2.07. The lowest BCUT2D eigenvalue weighted by atomic mass is 9.99. The molecule has 0 heterocycles. The van der Waals surface area contributed by atoms with Gasteiger partial charge in [0, 0.05) is 78.9 Å². The van der Waals surface area contributed by atoms with Crippen molar-refractivity contribution in [2.75, 3.05) is 39.8 Å². The van der Waals surface area contributed by atoms with Crippen molar-refractivity contribution < 1.29 is 86.1 Å². The number of ether oxygens (including phenoxy) is 5. The maximum Gasteiger partial charge on any atom is 0.353 e. The number of phenolic OH excluding ortho intramolecular Hbond substituents is 6. The van der Waals surface area contributed by atoms with E-state index >= 15 is 0 Å². The Labute approximate surface area is 786 Å².